The molecule has 3 aromatic carbocycles. The molecule has 0 bridgehead atoms. The molecule has 0 saturated heterocycles. The molecule has 0 spiro atoms. The summed E-state index contributed by atoms with van der Waals surface area (Å²) in [6.45, 7) is 2.67. The van der Waals surface area contributed by atoms with Crippen molar-refractivity contribution in [3.8, 4) is 17.2 Å². The van der Waals surface area contributed by atoms with Gasteiger partial charge in [-0.25, -0.2) is 13.2 Å². The van der Waals surface area contributed by atoms with Gasteiger partial charge in [0.25, 0.3) is 15.9 Å². The third-order valence-electron chi connectivity index (χ3n) is 6.03. The van der Waals surface area contributed by atoms with Gasteiger partial charge in [-0.3, -0.25) is 9.10 Å². The van der Waals surface area contributed by atoms with Crippen molar-refractivity contribution < 1.29 is 37.3 Å². The zero-order valence-corrected chi connectivity index (χ0v) is 21.8. The average Bonchev–Trinajstić information content (AvgIpc) is 3.38. The van der Waals surface area contributed by atoms with Crippen LogP contribution in [0, 0.1) is 6.92 Å². The van der Waals surface area contributed by atoms with Gasteiger partial charge in [0.05, 0.1) is 22.8 Å². The molecule has 4 rings (SSSR count). The Morgan fingerprint density at radius 1 is 1.03 bits per heavy atom. The van der Waals surface area contributed by atoms with Gasteiger partial charge in [-0.15, -0.1) is 0 Å². The lowest BCUT2D eigenvalue weighted by molar-refractivity contribution is 0.0697. The Balaban J connectivity index is 1.26. The zero-order chi connectivity index (χ0) is 27.3. The molecular formula is C27H28N2O8S. The minimum atomic E-state index is -3.99. The van der Waals surface area contributed by atoms with E-state index in [1.165, 1.54) is 25.2 Å². The number of aromatic carboxylic acids is 1. The van der Waals surface area contributed by atoms with Crippen molar-refractivity contribution in [2.45, 2.75) is 24.7 Å². The van der Waals surface area contributed by atoms with E-state index < -0.39 is 16.0 Å². The molecule has 0 saturated carbocycles. The maximum Gasteiger partial charge on any atom is 0.337 e. The van der Waals surface area contributed by atoms with Crippen molar-refractivity contribution in [2.75, 3.05) is 31.3 Å². The van der Waals surface area contributed by atoms with E-state index in [0.717, 1.165) is 4.31 Å². The molecule has 38 heavy (non-hydrogen) atoms. The van der Waals surface area contributed by atoms with Gasteiger partial charge in [0.15, 0.2) is 11.5 Å². The Kier molecular flexibility index (Phi) is 8.06. The topological polar surface area (TPSA) is 131 Å². The van der Waals surface area contributed by atoms with Crippen LogP contribution in [-0.4, -0.2) is 52.4 Å². The predicted molar refractivity (Wildman–Crippen MR) is 140 cm³/mol. The highest BCUT2D eigenvalue weighted by molar-refractivity contribution is 7.92. The number of benzene rings is 3. The van der Waals surface area contributed by atoms with Crippen LogP contribution in [0.25, 0.3) is 0 Å². The molecular weight excluding hydrogens is 512 g/mol. The van der Waals surface area contributed by atoms with Crippen LogP contribution in [-0.2, 0) is 10.0 Å². The Hall–Kier alpha value is -4.25. The first-order chi connectivity index (χ1) is 18.2. The van der Waals surface area contributed by atoms with Crippen LogP contribution in [0.5, 0.6) is 17.2 Å². The molecule has 1 aliphatic rings. The number of fused-ring (bicyclic) bond motifs is 1. The largest absolute Gasteiger partial charge is 0.494 e. The summed E-state index contributed by atoms with van der Waals surface area (Å²) in [4.78, 5) is 23.9. The van der Waals surface area contributed by atoms with Crippen LogP contribution in [0.3, 0.4) is 0 Å². The maximum absolute atomic E-state index is 13.2. The van der Waals surface area contributed by atoms with Crippen molar-refractivity contribution in [3.63, 3.8) is 0 Å². The molecule has 0 unspecified atom stereocenters. The molecule has 11 heteroatoms. The molecule has 200 valence electrons. The summed E-state index contributed by atoms with van der Waals surface area (Å²) in [5, 5.41) is 12.3. The Morgan fingerprint density at radius 3 is 2.50 bits per heavy atom. The van der Waals surface area contributed by atoms with Crippen LogP contribution in [0.4, 0.5) is 5.69 Å². The summed E-state index contributed by atoms with van der Waals surface area (Å²) in [7, 11) is -2.66. The summed E-state index contributed by atoms with van der Waals surface area (Å²) in [5.41, 5.74) is 1.05. The number of carbonyl (C=O) groups excluding carboxylic acids is 1. The lowest BCUT2D eigenvalue weighted by Crippen LogP contribution is -2.29. The number of aryl methyl sites for hydroxylation is 1. The minimum Gasteiger partial charge on any atom is -0.494 e. The summed E-state index contributed by atoms with van der Waals surface area (Å²) < 4.78 is 43.5. The second-order valence-corrected chi connectivity index (χ2v) is 10.6. The number of nitrogens with zero attached hydrogens (tertiary/aromatic N) is 1. The SMILES string of the molecule is Cc1cccc(C(=O)O)c1N(C)S(=O)(=O)c1ccc(OCCCCNC(=O)c2ccc3c(c2)OCO3)cc1. The summed E-state index contributed by atoms with van der Waals surface area (Å²) in [5.74, 6) is 0.263. The van der Waals surface area contributed by atoms with Gasteiger partial charge < -0.3 is 24.6 Å². The van der Waals surface area contributed by atoms with E-state index in [-0.39, 0.29) is 28.8 Å². The zero-order valence-electron chi connectivity index (χ0n) is 21.0. The fourth-order valence-corrected chi connectivity index (χ4v) is 5.27. The van der Waals surface area contributed by atoms with Gasteiger partial charge in [0, 0.05) is 19.2 Å². The summed E-state index contributed by atoms with van der Waals surface area (Å²) in [6, 6.07) is 15.6. The maximum atomic E-state index is 13.2. The van der Waals surface area contributed by atoms with Gasteiger partial charge in [-0.2, -0.15) is 0 Å². The van der Waals surface area contributed by atoms with Crippen molar-refractivity contribution >= 4 is 27.6 Å². The van der Waals surface area contributed by atoms with Crippen LogP contribution in [0.15, 0.2) is 65.6 Å². The smallest absolute Gasteiger partial charge is 0.337 e. The molecule has 0 aromatic heterocycles. The number of sulfonamides is 1. The minimum absolute atomic E-state index is 0.0122. The number of carbonyl (C=O) groups is 2. The third kappa shape index (κ3) is 5.83. The highest BCUT2D eigenvalue weighted by Gasteiger charge is 2.26. The van der Waals surface area contributed by atoms with E-state index in [2.05, 4.69) is 5.32 Å². The van der Waals surface area contributed by atoms with E-state index in [1.54, 1.807) is 49.4 Å². The normalized spacial score (nSPS) is 12.2. The molecule has 10 nitrogen and oxygen atoms in total. The molecule has 3 aromatic rings. The van der Waals surface area contributed by atoms with Gasteiger partial charge in [-0.1, -0.05) is 12.1 Å². The van der Waals surface area contributed by atoms with Crippen LogP contribution in [0.2, 0.25) is 0 Å². The van der Waals surface area contributed by atoms with Gasteiger partial charge in [0.2, 0.25) is 6.79 Å². The fourth-order valence-electron chi connectivity index (χ4n) is 3.99. The molecule has 0 radical (unpaired) electrons. The van der Waals surface area contributed by atoms with Crippen molar-refractivity contribution in [1.29, 1.82) is 0 Å². The first kappa shape index (κ1) is 26.8. The highest BCUT2D eigenvalue weighted by atomic mass is 32.2. The second-order valence-electron chi connectivity index (χ2n) is 8.60. The molecule has 0 atom stereocenters. The number of carboxylic acids is 1. The summed E-state index contributed by atoms with van der Waals surface area (Å²) in [6.07, 6.45) is 1.37. The predicted octanol–water partition coefficient (Wildman–Crippen LogP) is 3.84. The van der Waals surface area contributed by atoms with E-state index in [4.69, 9.17) is 14.2 Å². The average molecular weight is 541 g/mol. The quantitative estimate of drug-likeness (QED) is 0.351. The van der Waals surface area contributed by atoms with Gasteiger partial charge >= 0.3 is 5.97 Å². The molecule has 0 fully saturated rings. The number of rotatable bonds is 11. The van der Waals surface area contributed by atoms with Crippen LogP contribution >= 0.6 is 0 Å². The second kappa shape index (κ2) is 11.4. The Morgan fingerprint density at radius 2 is 1.76 bits per heavy atom. The van der Waals surface area contributed by atoms with E-state index >= 15 is 0 Å². The first-order valence-corrected chi connectivity index (χ1v) is 13.3. The lowest BCUT2D eigenvalue weighted by Gasteiger charge is -2.23. The number of amides is 1. The highest BCUT2D eigenvalue weighted by Crippen LogP contribution is 2.32. The molecule has 1 amide bonds. The number of carboxylic acid groups (broad SMARTS) is 1. The van der Waals surface area contributed by atoms with Gasteiger partial charge in [-0.05, 0) is 73.9 Å². The molecule has 1 aliphatic heterocycles. The number of anilines is 1. The number of hydrogen-bond acceptors (Lipinski definition) is 7. The van der Waals surface area contributed by atoms with Crippen molar-refractivity contribution in [2.24, 2.45) is 0 Å². The molecule has 0 aliphatic carbocycles. The van der Waals surface area contributed by atoms with Crippen LogP contribution in [0.1, 0.15) is 39.1 Å². The monoisotopic (exact) mass is 540 g/mol. The molecule has 2 N–H and O–H groups in total. The summed E-state index contributed by atoms with van der Waals surface area (Å²) >= 11 is 0. The standard InChI is InChI=1S/C27H28N2O8S/c1-18-6-5-7-22(27(31)32)25(18)29(2)38(33,34)21-11-9-20(10-12-21)35-15-4-3-14-28-26(30)19-8-13-23-24(16-19)37-17-36-23/h5-13,16H,3-4,14-15,17H2,1-2H3,(H,28,30)(H,31,32). The van der Waals surface area contributed by atoms with Crippen LogP contribution < -0.4 is 23.8 Å². The van der Waals surface area contributed by atoms with E-state index in [0.29, 0.717) is 54.4 Å². The number of unbranched alkanes of at least 4 members (excludes halogenated alkanes) is 1. The lowest BCUT2D eigenvalue weighted by atomic mass is 10.1. The number of nitrogens with one attached hydrogen (secondary N) is 1. The number of para-hydroxylation sites is 1. The third-order valence-corrected chi connectivity index (χ3v) is 7.80. The van der Waals surface area contributed by atoms with E-state index in [9.17, 15) is 23.1 Å². The van der Waals surface area contributed by atoms with Crippen molar-refractivity contribution in [3.05, 3.63) is 77.4 Å². The number of ether oxygens (including phenoxy) is 3. The van der Waals surface area contributed by atoms with Crippen molar-refractivity contribution in [1.82, 2.24) is 5.32 Å². The van der Waals surface area contributed by atoms with Gasteiger partial charge in [0.1, 0.15) is 5.75 Å². The first-order valence-electron chi connectivity index (χ1n) is 11.9. The Bertz CT molecular complexity index is 1440. The fraction of sp³-hybridized carbons (Fsp3) is 0.259. The Labute approximate surface area is 220 Å². The molecule has 1 heterocycles. The number of hydrogen-bond donors (Lipinski definition) is 2. The van der Waals surface area contributed by atoms with E-state index in [1.807, 2.05) is 0 Å².